The number of anilines is 1. The van der Waals surface area contributed by atoms with Crippen molar-refractivity contribution in [2.75, 3.05) is 5.32 Å². The molecule has 0 unspecified atom stereocenters. The van der Waals surface area contributed by atoms with Crippen LogP contribution in [0.5, 0.6) is 5.75 Å². The van der Waals surface area contributed by atoms with E-state index in [4.69, 9.17) is 0 Å². The van der Waals surface area contributed by atoms with Crippen molar-refractivity contribution in [3.05, 3.63) is 65.1 Å². The minimum Gasteiger partial charge on any atom is -0.506 e. The molecule has 0 saturated carbocycles. The normalized spacial score (nSPS) is 10.7. The quantitative estimate of drug-likeness (QED) is 0.705. The molecule has 116 valence electrons. The fourth-order valence-electron chi connectivity index (χ4n) is 2.46. The zero-order chi connectivity index (χ0) is 16.6. The summed E-state index contributed by atoms with van der Waals surface area (Å²) in [6, 6.07) is 10.7. The summed E-state index contributed by atoms with van der Waals surface area (Å²) in [5, 5.41) is 13.0. The fraction of sp³-hybridized carbons (Fsp3) is 0.111. The number of aromatic hydroxyl groups is 1. The minimum atomic E-state index is -0.435. The molecule has 0 fully saturated rings. The third kappa shape index (κ3) is 2.99. The molecule has 0 aliphatic heterocycles. The predicted molar refractivity (Wildman–Crippen MR) is 87.2 cm³/mol. The Morgan fingerprint density at radius 1 is 1.13 bits per heavy atom. The number of halogens is 1. The smallest absolute Gasteiger partial charge is 0.256 e. The fourth-order valence-corrected chi connectivity index (χ4v) is 2.46. The van der Waals surface area contributed by atoms with Gasteiger partial charge < -0.3 is 10.4 Å². The van der Waals surface area contributed by atoms with Crippen molar-refractivity contribution >= 4 is 22.5 Å². The van der Waals surface area contributed by atoms with Crippen LogP contribution in [0.1, 0.15) is 21.6 Å². The Balaban J connectivity index is 2.07. The van der Waals surface area contributed by atoms with Gasteiger partial charge in [-0.1, -0.05) is 6.07 Å². The maximum absolute atomic E-state index is 13.5. The van der Waals surface area contributed by atoms with Crippen LogP contribution in [0.4, 0.5) is 10.1 Å². The maximum Gasteiger partial charge on any atom is 0.256 e. The number of aryl methyl sites for hydroxylation is 2. The first-order valence-corrected chi connectivity index (χ1v) is 7.12. The number of amides is 1. The number of nitrogens with zero attached hydrogens (tertiary/aromatic N) is 1. The van der Waals surface area contributed by atoms with Crippen LogP contribution in [0.15, 0.2) is 42.5 Å². The van der Waals surface area contributed by atoms with E-state index in [-0.39, 0.29) is 5.75 Å². The number of carbonyl (C=O) groups is 1. The number of phenolic OH excluding ortho intramolecular Hbond substituents is 1. The van der Waals surface area contributed by atoms with E-state index in [2.05, 4.69) is 10.3 Å². The molecule has 0 radical (unpaired) electrons. The van der Waals surface area contributed by atoms with Gasteiger partial charge in [-0.25, -0.2) is 4.39 Å². The largest absolute Gasteiger partial charge is 0.506 e. The summed E-state index contributed by atoms with van der Waals surface area (Å²) in [6.45, 7) is 3.63. The zero-order valence-electron chi connectivity index (χ0n) is 12.7. The highest BCUT2D eigenvalue weighted by Crippen LogP contribution is 2.26. The number of fused-ring (bicyclic) bond motifs is 1. The molecule has 3 aromatic rings. The van der Waals surface area contributed by atoms with E-state index in [1.165, 1.54) is 18.2 Å². The first kappa shape index (κ1) is 15.0. The summed E-state index contributed by atoms with van der Waals surface area (Å²) >= 11 is 0. The summed E-state index contributed by atoms with van der Waals surface area (Å²) < 4.78 is 13.5. The number of nitrogens with one attached hydrogen (secondary N) is 1. The monoisotopic (exact) mass is 310 g/mol. The Morgan fingerprint density at radius 2 is 1.91 bits per heavy atom. The summed E-state index contributed by atoms with van der Waals surface area (Å²) in [5.74, 6) is -0.882. The molecule has 3 rings (SSSR count). The van der Waals surface area contributed by atoms with Crippen LogP contribution in [-0.2, 0) is 0 Å². The van der Waals surface area contributed by atoms with Crippen LogP contribution < -0.4 is 5.32 Å². The van der Waals surface area contributed by atoms with Crippen LogP contribution >= 0.6 is 0 Å². The Morgan fingerprint density at radius 3 is 2.70 bits per heavy atom. The van der Waals surface area contributed by atoms with E-state index in [1.807, 2.05) is 6.92 Å². The van der Waals surface area contributed by atoms with Crippen LogP contribution in [-0.4, -0.2) is 16.0 Å². The topological polar surface area (TPSA) is 62.2 Å². The second-order valence-corrected chi connectivity index (χ2v) is 5.45. The van der Waals surface area contributed by atoms with E-state index >= 15 is 0 Å². The number of rotatable bonds is 2. The lowest BCUT2D eigenvalue weighted by Gasteiger charge is -2.11. The van der Waals surface area contributed by atoms with E-state index in [0.717, 1.165) is 5.56 Å². The second kappa shape index (κ2) is 5.68. The van der Waals surface area contributed by atoms with Gasteiger partial charge in [0, 0.05) is 11.1 Å². The van der Waals surface area contributed by atoms with E-state index in [0.29, 0.717) is 27.8 Å². The molecule has 0 atom stereocenters. The Bertz CT molecular complexity index is 922. The van der Waals surface area contributed by atoms with Crippen molar-refractivity contribution in [1.29, 1.82) is 0 Å². The molecular formula is C18H15FN2O2. The van der Waals surface area contributed by atoms with Crippen molar-refractivity contribution in [3.8, 4) is 5.75 Å². The van der Waals surface area contributed by atoms with Gasteiger partial charge >= 0.3 is 0 Å². The molecule has 4 nitrogen and oxygen atoms in total. The van der Waals surface area contributed by atoms with Crippen LogP contribution in [0.2, 0.25) is 0 Å². The van der Waals surface area contributed by atoms with Gasteiger partial charge in [-0.3, -0.25) is 9.78 Å². The van der Waals surface area contributed by atoms with Gasteiger partial charge in [0.1, 0.15) is 11.6 Å². The molecule has 5 heteroatoms. The SMILES string of the molecule is Cc1ccc(O)c(NC(=O)c2cc(C)nc3ccc(F)cc23)c1. The average Bonchev–Trinajstić information content (AvgIpc) is 2.50. The molecule has 0 aliphatic carbocycles. The van der Waals surface area contributed by atoms with E-state index in [1.54, 1.807) is 31.2 Å². The molecule has 0 spiro atoms. The molecule has 1 aromatic heterocycles. The number of pyridine rings is 1. The van der Waals surface area contributed by atoms with Crippen LogP contribution in [0.25, 0.3) is 10.9 Å². The van der Waals surface area contributed by atoms with Gasteiger partial charge in [0.25, 0.3) is 5.91 Å². The molecule has 2 aromatic carbocycles. The molecule has 0 aliphatic rings. The summed E-state index contributed by atoms with van der Waals surface area (Å²) in [4.78, 5) is 16.9. The number of carbonyl (C=O) groups excluding carboxylic acids is 1. The molecule has 0 bridgehead atoms. The van der Waals surface area contributed by atoms with Gasteiger partial charge in [-0.15, -0.1) is 0 Å². The van der Waals surface area contributed by atoms with Crippen molar-refractivity contribution in [3.63, 3.8) is 0 Å². The van der Waals surface area contributed by atoms with Gasteiger partial charge in [-0.2, -0.15) is 0 Å². The lowest BCUT2D eigenvalue weighted by Crippen LogP contribution is -2.13. The Labute approximate surface area is 132 Å². The summed E-state index contributed by atoms with van der Waals surface area (Å²) in [7, 11) is 0. The molecule has 2 N–H and O–H groups in total. The first-order chi connectivity index (χ1) is 10.9. The number of hydrogen-bond acceptors (Lipinski definition) is 3. The van der Waals surface area contributed by atoms with Gasteiger partial charge in [-0.05, 0) is 55.8 Å². The van der Waals surface area contributed by atoms with Crippen molar-refractivity contribution in [2.24, 2.45) is 0 Å². The van der Waals surface area contributed by atoms with Crippen LogP contribution in [0, 0.1) is 19.7 Å². The third-order valence-electron chi connectivity index (χ3n) is 3.54. The highest BCUT2D eigenvalue weighted by Gasteiger charge is 2.14. The minimum absolute atomic E-state index is 0.0229. The molecule has 0 saturated heterocycles. The summed E-state index contributed by atoms with van der Waals surface area (Å²) in [5.41, 5.74) is 2.73. The number of benzene rings is 2. The van der Waals surface area contributed by atoms with Crippen molar-refractivity contribution in [2.45, 2.75) is 13.8 Å². The second-order valence-electron chi connectivity index (χ2n) is 5.45. The standard InChI is InChI=1S/C18H15FN2O2/c1-10-3-6-17(22)16(7-10)21-18(23)14-8-11(2)20-15-5-4-12(19)9-13(14)15/h3-9,22H,1-2H3,(H,21,23). The first-order valence-electron chi connectivity index (χ1n) is 7.12. The van der Waals surface area contributed by atoms with E-state index in [9.17, 15) is 14.3 Å². The molecule has 23 heavy (non-hydrogen) atoms. The molecular weight excluding hydrogens is 295 g/mol. The van der Waals surface area contributed by atoms with Crippen molar-refractivity contribution < 1.29 is 14.3 Å². The highest BCUT2D eigenvalue weighted by atomic mass is 19.1. The van der Waals surface area contributed by atoms with Crippen molar-refractivity contribution in [1.82, 2.24) is 4.98 Å². The number of hydrogen-bond donors (Lipinski definition) is 2. The zero-order valence-corrected chi connectivity index (χ0v) is 12.7. The molecule has 1 heterocycles. The highest BCUT2D eigenvalue weighted by molar-refractivity contribution is 6.12. The number of aromatic nitrogens is 1. The van der Waals surface area contributed by atoms with Gasteiger partial charge in [0.2, 0.25) is 0 Å². The molecule has 1 amide bonds. The Kier molecular flexibility index (Phi) is 3.70. The number of phenols is 1. The third-order valence-corrected chi connectivity index (χ3v) is 3.54. The Hall–Kier alpha value is -2.95. The maximum atomic E-state index is 13.5. The van der Waals surface area contributed by atoms with Gasteiger partial charge in [0.05, 0.1) is 16.8 Å². The lowest BCUT2D eigenvalue weighted by molar-refractivity contribution is 0.102. The van der Waals surface area contributed by atoms with E-state index < -0.39 is 11.7 Å². The van der Waals surface area contributed by atoms with Crippen LogP contribution in [0.3, 0.4) is 0 Å². The average molecular weight is 310 g/mol. The summed E-state index contributed by atoms with van der Waals surface area (Å²) in [6.07, 6.45) is 0. The lowest BCUT2D eigenvalue weighted by atomic mass is 10.1. The predicted octanol–water partition coefficient (Wildman–Crippen LogP) is 3.95. The van der Waals surface area contributed by atoms with Gasteiger partial charge in [0.15, 0.2) is 0 Å².